The van der Waals surface area contributed by atoms with Gasteiger partial charge in [-0.1, -0.05) is 0 Å². The highest BCUT2D eigenvalue weighted by Gasteiger charge is 2.01. The van der Waals surface area contributed by atoms with Gasteiger partial charge in [0, 0.05) is 7.05 Å². The highest BCUT2D eigenvalue weighted by molar-refractivity contribution is 5.75. The van der Waals surface area contributed by atoms with Crippen LogP contribution >= 0.6 is 0 Å². The Labute approximate surface area is 57.3 Å². The lowest BCUT2D eigenvalue weighted by Crippen LogP contribution is -2.24. The first-order chi connectivity index (χ1) is 4.74. The molecule has 5 heteroatoms. The van der Waals surface area contributed by atoms with E-state index in [1.807, 2.05) is 0 Å². The molecule has 0 fully saturated rings. The van der Waals surface area contributed by atoms with Gasteiger partial charge in [-0.15, -0.1) is 0 Å². The van der Waals surface area contributed by atoms with E-state index in [0.29, 0.717) is 0 Å². The zero-order valence-corrected chi connectivity index (χ0v) is 5.40. The number of aromatic nitrogens is 2. The maximum atomic E-state index is 10.7. The SMILES string of the molecule is CNC(=O)n1cc(O)cn1. The van der Waals surface area contributed by atoms with E-state index in [1.54, 1.807) is 0 Å². The first kappa shape index (κ1) is 6.60. The Morgan fingerprint density at radius 2 is 2.60 bits per heavy atom. The summed E-state index contributed by atoms with van der Waals surface area (Å²) in [7, 11) is 1.49. The zero-order chi connectivity index (χ0) is 7.56. The largest absolute Gasteiger partial charge is 0.505 e. The van der Waals surface area contributed by atoms with Crippen molar-refractivity contribution in [1.29, 1.82) is 0 Å². The number of carbonyl (C=O) groups is 1. The molecule has 54 valence electrons. The first-order valence-corrected chi connectivity index (χ1v) is 2.70. The smallest absolute Gasteiger partial charge is 0.341 e. The third-order valence-corrected chi connectivity index (χ3v) is 0.991. The standard InChI is InChI=1S/C5H7N3O2/c1-6-5(10)8-3-4(9)2-7-8/h2-3,9H,1H3,(H,6,10). The lowest BCUT2D eigenvalue weighted by Gasteiger charge is -1.94. The molecule has 0 aromatic carbocycles. The van der Waals surface area contributed by atoms with Gasteiger partial charge in [-0.2, -0.15) is 9.78 Å². The topological polar surface area (TPSA) is 67.2 Å². The molecule has 1 rings (SSSR count). The van der Waals surface area contributed by atoms with E-state index in [0.717, 1.165) is 4.68 Å². The number of amides is 1. The third-order valence-electron chi connectivity index (χ3n) is 0.991. The van der Waals surface area contributed by atoms with Crippen LogP contribution in [0.1, 0.15) is 0 Å². The predicted octanol–water partition coefficient (Wildman–Crippen LogP) is -0.224. The van der Waals surface area contributed by atoms with Gasteiger partial charge in [0.15, 0.2) is 5.75 Å². The average molecular weight is 141 g/mol. The van der Waals surface area contributed by atoms with Crippen molar-refractivity contribution in [2.45, 2.75) is 0 Å². The van der Waals surface area contributed by atoms with E-state index in [-0.39, 0.29) is 11.8 Å². The lowest BCUT2D eigenvalue weighted by atomic mass is 10.7. The molecule has 1 aromatic rings. The summed E-state index contributed by atoms with van der Waals surface area (Å²) in [5.41, 5.74) is 0. The second-order valence-electron chi connectivity index (χ2n) is 1.70. The second-order valence-corrected chi connectivity index (χ2v) is 1.70. The van der Waals surface area contributed by atoms with Crippen molar-refractivity contribution in [3.8, 4) is 5.75 Å². The van der Waals surface area contributed by atoms with Crippen LogP contribution in [-0.2, 0) is 0 Å². The number of nitrogens with one attached hydrogen (secondary N) is 1. The van der Waals surface area contributed by atoms with Crippen molar-refractivity contribution in [3.05, 3.63) is 12.4 Å². The molecule has 0 spiro atoms. The number of hydrogen-bond acceptors (Lipinski definition) is 3. The summed E-state index contributed by atoms with van der Waals surface area (Å²) < 4.78 is 1.01. The molecule has 0 aliphatic heterocycles. The Hall–Kier alpha value is -1.52. The van der Waals surface area contributed by atoms with E-state index in [2.05, 4.69) is 10.4 Å². The highest BCUT2D eigenvalue weighted by Crippen LogP contribution is 2.02. The van der Waals surface area contributed by atoms with Crippen LogP contribution < -0.4 is 5.32 Å². The molecule has 0 unspecified atom stereocenters. The fraction of sp³-hybridized carbons (Fsp3) is 0.200. The van der Waals surface area contributed by atoms with Gasteiger partial charge in [0.05, 0.1) is 12.4 Å². The fourth-order valence-corrected chi connectivity index (χ4v) is 0.539. The minimum absolute atomic E-state index is 0.0244. The molecule has 0 atom stereocenters. The van der Waals surface area contributed by atoms with E-state index >= 15 is 0 Å². The van der Waals surface area contributed by atoms with E-state index in [4.69, 9.17) is 5.11 Å². The zero-order valence-electron chi connectivity index (χ0n) is 5.40. The molecule has 0 saturated carbocycles. The number of carbonyl (C=O) groups excluding carboxylic acids is 1. The highest BCUT2D eigenvalue weighted by atomic mass is 16.3. The average Bonchev–Trinajstić information content (AvgIpc) is 2.34. The van der Waals surface area contributed by atoms with Gasteiger partial charge in [-0.25, -0.2) is 4.79 Å². The van der Waals surface area contributed by atoms with Crippen molar-refractivity contribution in [3.63, 3.8) is 0 Å². The summed E-state index contributed by atoms with van der Waals surface area (Å²) in [4.78, 5) is 10.7. The monoisotopic (exact) mass is 141 g/mol. The molecule has 0 saturated heterocycles. The summed E-state index contributed by atoms with van der Waals surface area (Å²) in [5.74, 6) is -0.0244. The molecule has 0 bridgehead atoms. The van der Waals surface area contributed by atoms with Gasteiger partial charge in [0.1, 0.15) is 0 Å². The van der Waals surface area contributed by atoms with Crippen LogP contribution in [0.5, 0.6) is 5.75 Å². The molecule has 2 N–H and O–H groups in total. The Morgan fingerprint density at radius 3 is 3.00 bits per heavy atom. The molecule has 1 heterocycles. The Kier molecular flexibility index (Phi) is 1.57. The number of nitrogens with zero attached hydrogens (tertiary/aromatic N) is 2. The fourth-order valence-electron chi connectivity index (χ4n) is 0.539. The van der Waals surface area contributed by atoms with E-state index in [9.17, 15) is 4.79 Å². The summed E-state index contributed by atoms with van der Waals surface area (Å²) >= 11 is 0. The maximum Gasteiger partial charge on any atom is 0.341 e. The molecule has 0 aliphatic carbocycles. The Morgan fingerprint density at radius 1 is 1.90 bits per heavy atom. The first-order valence-electron chi connectivity index (χ1n) is 2.70. The summed E-state index contributed by atoms with van der Waals surface area (Å²) in [5, 5.41) is 14.6. The van der Waals surface area contributed by atoms with Crippen molar-refractivity contribution in [2.24, 2.45) is 0 Å². The van der Waals surface area contributed by atoms with Crippen LogP contribution in [-0.4, -0.2) is 28.0 Å². The summed E-state index contributed by atoms with van der Waals surface area (Å²) in [6.07, 6.45) is 2.41. The minimum Gasteiger partial charge on any atom is -0.505 e. The summed E-state index contributed by atoms with van der Waals surface area (Å²) in [6.45, 7) is 0. The van der Waals surface area contributed by atoms with Crippen LogP contribution in [0.15, 0.2) is 12.4 Å². The third kappa shape index (κ3) is 1.07. The van der Waals surface area contributed by atoms with Crippen molar-refractivity contribution >= 4 is 6.03 Å². The molecule has 0 radical (unpaired) electrons. The second kappa shape index (κ2) is 2.38. The van der Waals surface area contributed by atoms with E-state index in [1.165, 1.54) is 19.4 Å². The Balaban J connectivity index is 2.85. The minimum atomic E-state index is -0.375. The molecular weight excluding hydrogens is 134 g/mol. The molecule has 5 nitrogen and oxygen atoms in total. The summed E-state index contributed by atoms with van der Waals surface area (Å²) in [6, 6.07) is -0.375. The van der Waals surface area contributed by atoms with E-state index < -0.39 is 0 Å². The van der Waals surface area contributed by atoms with Gasteiger partial charge in [-0.05, 0) is 0 Å². The van der Waals surface area contributed by atoms with Crippen LogP contribution in [0.25, 0.3) is 0 Å². The van der Waals surface area contributed by atoms with Gasteiger partial charge < -0.3 is 10.4 Å². The lowest BCUT2D eigenvalue weighted by molar-refractivity contribution is 0.241. The number of hydrogen-bond donors (Lipinski definition) is 2. The Bertz CT molecular complexity index is 243. The van der Waals surface area contributed by atoms with Gasteiger partial charge in [-0.3, -0.25) is 0 Å². The van der Waals surface area contributed by atoms with Crippen molar-refractivity contribution in [2.75, 3.05) is 7.05 Å². The van der Waals surface area contributed by atoms with Crippen LogP contribution in [0, 0.1) is 0 Å². The maximum absolute atomic E-state index is 10.7. The molecule has 1 aromatic heterocycles. The molecule has 0 aliphatic rings. The van der Waals surface area contributed by atoms with Gasteiger partial charge in [0.25, 0.3) is 0 Å². The number of aromatic hydroxyl groups is 1. The van der Waals surface area contributed by atoms with Crippen molar-refractivity contribution in [1.82, 2.24) is 15.1 Å². The molecular formula is C5H7N3O2. The van der Waals surface area contributed by atoms with Gasteiger partial charge in [0.2, 0.25) is 0 Å². The normalized spacial score (nSPS) is 9.30. The molecule has 1 amide bonds. The van der Waals surface area contributed by atoms with Gasteiger partial charge >= 0.3 is 6.03 Å². The predicted molar refractivity (Wildman–Crippen MR) is 33.7 cm³/mol. The van der Waals surface area contributed by atoms with Crippen LogP contribution in [0.2, 0.25) is 0 Å². The molecule has 10 heavy (non-hydrogen) atoms. The van der Waals surface area contributed by atoms with Crippen molar-refractivity contribution < 1.29 is 9.90 Å². The van der Waals surface area contributed by atoms with Crippen LogP contribution in [0.3, 0.4) is 0 Å². The van der Waals surface area contributed by atoms with Crippen LogP contribution in [0.4, 0.5) is 4.79 Å². The quantitative estimate of drug-likeness (QED) is 0.524. The number of rotatable bonds is 0.